The predicted octanol–water partition coefficient (Wildman–Crippen LogP) is 2.90. The van der Waals surface area contributed by atoms with Crippen molar-refractivity contribution in [3.8, 4) is 17.6 Å². The summed E-state index contributed by atoms with van der Waals surface area (Å²) in [6.45, 7) is 4.50. The fraction of sp³-hybridized carbons (Fsp3) is 0.429. The van der Waals surface area contributed by atoms with Crippen LogP contribution in [-0.4, -0.2) is 13.7 Å². The van der Waals surface area contributed by atoms with Gasteiger partial charge in [-0.2, -0.15) is 0 Å². The maximum Gasteiger partial charge on any atom is 0.131 e. The summed E-state index contributed by atoms with van der Waals surface area (Å²) in [5, 5.41) is 3.23. The molecule has 1 rings (SSSR count). The molecule has 1 N–H and O–H groups in total. The average Bonchev–Trinajstić information content (AvgIpc) is 2.34. The van der Waals surface area contributed by atoms with E-state index >= 15 is 0 Å². The van der Waals surface area contributed by atoms with Crippen molar-refractivity contribution in [2.45, 2.75) is 26.3 Å². The van der Waals surface area contributed by atoms with E-state index in [9.17, 15) is 4.39 Å². The van der Waals surface area contributed by atoms with Gasteiger partial charge in [-0.05, 0) is 19.9 Å². The van der Waals surface area contributed by atoms with Gasteiger partial charge in [-0.1, -0.05) is 6.07 Å². The van der Waals surface area contributed by atoms with Crippen LogP contribution in [0.2, 0.25) is 0 Å². The van der Waals surface area contributed by atoms with E-state index in [0.717, 1.165) is 13.0 Å². The Morgan fingerprint density at radius 2 is 2.24 bits per heavy atom. The van der Waals surface area contributed by atoms with Crippen LogP contribution in [0.4, 0.5) is 4.39 Å². The van der Waals surface area contributed by atoms with Crippen molar-refractivity contribution in [1.29, 1.82) is 0 Å². The van der Waals surface area contributed by atoms with Gasteiger partial charge in [0, 0.05) is 30.6 Å². The van der Waals surface area contributed by atoms with Gasteiger partial charge >= 0.3 is 0 Å². The van der Waals surface area contributed by atoms with Crippen LogP contribution >= 0.6 is 0 Å². The van der Waals surface area contributed by atoms with Gasteiger partial charge in [0.15, 0.2) is 0 Å². The van der Waals surface area contributed by atoms with E-state index in [2.05, 4.69) is 17.2 Å². The van der Waals surface area contributed by atoms with Crippen molar-refractivity contribution in [2.24, 2.45) is 0 Å². The third-order valence-electron chi connectivity index (χ3n) is 2.55. The number of ether oxygens (including phenoxy) is 1. The Balaban J connectivity index is 2.61. The molecule has 0 radical (unpaired) electrons. The Morgan fingerprint density at radius 3 is 2.82 bits per heavy atom. The second-order valence-corrected chi connectivity index (χ2v) is 3.74. The highest BCUT2D eigenvalue weighted by atomic mass is 19.1. The Hall–Kier alpha value is -1.53. The molecule has 0 aliphatic heterocycles. The molecule has 0 amide bonds. The highest BCUT2D eigenvalue weighted by molar-refractivity contribution is 5.30. The van der Waals surface area contributed by atoms with Gasteiger partial charge < -0.3 is 10.1 Å². The van der Waals surface area contributed by atoms with Crippen LogP contribution in [0.3, 0.4) is 0 Å². The van der Waals surface area contributed by atoms with E-state index < -0.39 is 0 Å². The molecule has 0 saturated carbocycles. The molecular formula is C14H18FNO. The summed E-state index contributed by atoms with van der Waals surface area (Å²) in [6.07, 6.45) is 0.776. The molecule has 1 aromatic rings. The number of nitrogens with one attached hydrogen (secondary N) is 1. The largest absolute Gasteiger partial charge is 0.497 e. The Morgan fingerprint density at radius 1 is 1.47 bits per heavy atom. The van der Waals surface area contributed by atoms with Crippen LogP contribution in [0.15, 0.2) is 18.2 Å². The van der Waals surface area contributed by atoms with Crippen molar-refractivity contribution in [1.82, 2.24) is 5.32 Å². The zero-order chi connectivity index (χ0) is 12.7. The number of halogens is 1. The van der Waals surface area contributed by atoms with Gasteiger partial charge in [-0.3, -0.25) is 0 Å². The van der Waals surface area contributed by atoms with Crippen LogP contribution in [-0.2, 0) is 0 Å². The lowest BCUT2D eigenvalue weighted by atomic mass is 10.1. The summed E-state index contributed by atoms with van der Waals surface area (Å²) in [5.74, 6) is 6.08. The SMILES string of the molecule is CC#CCCNC(C)c1ccc(OC)cc1F. The molecule has 1 atom stereocenters. The van der Waals surface area contributed by atoms with E-state index in [1.807, 2.05) is 13.8 Å². The molecule has 0 fully saturated rings. The molecular weight excluding hydrogens is 217 g/mol. The van der Waals surface area contributed by atoms with Gasteiger partial charge in [0.2, 0.25) is 0 Å². The number of rotatable bonds is 5. The molecule has 0 saturated heterocycles. The van der Waals surface area contributed by atoms with Crippen LogP contribution in [0.5, 0.6) is 5.75 Å². The lowest BCUT2D eigenvalue weighted by molar-refractivity contribution is 0.409. The van der Waals surface area contributed by atoms with Crippen LogP contribution in [0, 0.1) is 17.7 Å². The minimum atomic E-state index is -0.245. The zero-order valence-corrected chi connectivity index (χ0v) is 10.5. The molecule has 0 aliphatic rings. The van der Waals surface area contributed by atoms with Crippen molar-refractivity contribution in [3.63, 3.8) is 0 Å². The topological polar surface area (TPSA) is 21.3 Å². The van der Waals surface area contributed by atoms with E-state index in [0.29, 0.717) is 11.3 Å². The number of benzene rings is 1. The first-order valence-electron chi connectivity index (χ1n) is 5.65. The molecule has 0 spiro atoms. The fourth-order valence-electron chi connectivity index (χ4n) is 1.57. The van der Waals surface area contributed by atoms with Gasteiger partial charge in [0.1, 0.15) is 11.6 Å². The second kappa shape index (κ2) is 6.93. The summed E-state index contributed by atoms with van der Waals surface area (Å²) < 4.78 is 18.7. The van der Waals surface area contributed by atoms with Gasteiger partial charge in [-0.25, -0.2) is 4.39 Å². The molecule has 2 nitrogen and oxygen atoms in total. The van der Waals surface area contributed by atoms with Gasteiger partial charge in [0.05, 0.1) is 7.11 Å². The lowest BCUT2D eigenvalue weighted by Gasteiger charge is -2.14. The summed E-state index contributed by atoms with van der Waals surface area (Å²) >= 11 is 0. The van der Waals surface area contributed by atoms with E-state index in [4.69, 9.17) is 4.74 Å². The van der Waals surface area contributed by atoms with Crippen molar-refractivity contribution < 1.29 is 9.13 Å². The van der Waals surface area contributed by atoms with E-state index in [1.54, 1.807) is 12.1 Å². The molecule has 17 heavy (non-hydrogen) atoms. The first kappa shape index (κ1) is 13.5. The minimum Gasteiger partial charge on any atom is -0.497 e. The first-order chi connectivity index (χ1) is 8.19. The number of hydrogen-bond donors (Lipinski definition) is 1. The summed E-state index contributed by atoms with van der Waals surface area (Å²) in [4.78, 5) is 0. The summed E-state index contributed by atoms with van der Waals surface area (Å²) in [6, 6.07) is 4.89. The predicted molar refractivity (Wildman–Crippen MR) is 67.4 cm³/mol. The maximum absolute atomic E-state index is 13.7. The summed E-state index contributed by atoms with van der Waals surface area (Å²) in [7, 11) is 1.53. The van der Waals surface area contributed by atoms with Gasteiger partial charge in [-0.15, -0.1) is 11.8 Å². The number of methoxy groups -OCH3 is 1. The zero-order valence-electron chi connectivity index (χ0n) is 10.5. The normalized spacial score (nSPS) is 11.5. The van der Waals surface area contributed by atoms with E-state index in [1.165, 1.54) is 13.2 Å². The highest BCUT2D eigenvalue weighted by Gasteiger charge is 2.10. The molecule has 1 aromatic carbocycles. The monoisotopic (exact) mass is 235 g/mol. The van der Waals surface area contributed by atoms with E-state index in [-0.39, 0.29) is 11.9 Å². The second-order valence-electron chi connectivity index (χ2n) is 3.74. The molecule has 0 heterocycles. The molecule has 3 heteroatoms. The lowest BCUT2D eigenvalue weighted by Crippen LogP contribution is -2.20. The smallest absolute Gasteiger partial charge is 0.131 e. The third-order valence-corrected chi connectivity index (χ3v) is 2.55. The molecule has 0 bridgehead atoms. The molecule has 0 aromatic heterocycles. The fourth-order valence-corrected chi connectivity index (χ4v) is 1.57. The first-order valence-corrected chi connectivity index (χ1v) is 5.65. The Kier molecular flexibility index (Phi) is 5.51. The van der Waals surface area contributed by atoms with Gasteiger partial charge in [0.25, 0.3) is 0 Å². The van der Waals surface area contributed by atoms with Crippen LogP contribution < -0.4 is 10.1 Å². The average molecular weight is 235 g/mol. The quantitative estimate of drug-likeness (QED) is 0.626. The molecule has 1 unspecified atom stereocenters. The Labute approximate surface area is 102 Å². The standard InChI is InChI=1S/C14H18FNO/c1-4-5-6-9-16-11(2)13-8-7-12(17-3)10-14(13)15/h7-8,10-11,16H,6,9H2,1-3H3. The maximum atomic E-state index is 13.7. The van der Waals surface area contributed by atoms with Crippen molar-refractivity contribution >= 4 is 0 Å². The van der Waals surface area contributed by atoms with Crippen LogP contribution in [0.25, 0.3) is 0 Å². The number of hydrogen-bond acceptors (Lipinski definition) is 2. The third kappa shape index (κ3) is 4.08. The highest BCUT2D eigenvalue weighted by Crippen LogP contribution is 2.21. The molecule has 92 valence electrons. The van der Waals surface area contributed by atoms with Crippen LogP contribution in [0.1, 0.15) is 31.9 Å². The minimum absolute atomic E-state index is 0.0282. The van der Waals surface area contributed by atoms with Crippen molar-refractivity contribution in [2.75, 3.05) is 13.7 Å². The van der Waals surface area contributed by atoms with Crippen molar-refractivity contribution in [3.05, 3.63) is 29.6 Å². The molecule has 0 aliphatic carbocycles. The summed E-state index contributed by atoms with van der Waals surface area (Å²) in [5.41, 5.74) is 0.648. The Bertz CT molecular complexity index is 420.